The summed E-state index contributed by atoms with van der Waals surface area (Å²) in [6.07, 6.45) is 3.33. The summed E-state index contributed by atoms with van der Waals surface area (Å²) in [5.41, 5.74) is 18.5. The predicted molar refractivity (Wildman–Crippen MR) is 262 cm³/mol. The zero-order valence-electron chi connectivity index (χ0n) is 34.0. The summed E-state index contributed by atoms with van der Waals surface area (Å²) < 4.78 is 13.5. The Labute approximate surface area is 431 Å². The molecule has 0 spiro atoms. The fraction of sp³-hybridized carbons (Fsp3) is 0.146. The van der Waals surface area contributed by atoms with Gasteiger partial charge in [0.2, 0.25) is 5.52 Å². The normalized spacial score (nSPS) is 9.57. The van der Waals surface area contributed by atoms with Gasteiger partial charge in [0.05, 0.1) is 11.0 Å². The number of anilines is 1. The second kappa shape index (κ2) is 30.5. The SMILES string of the molecule is CC(=O)OC(C)=O.Cc1ccc(N)cc1.Cc1ccc2c(ccc[n+]2[O-])c1.Cc1ccc2nc(Br)ccc2c1.Cc1ccc2ncccc2c1.O=P(Br)(Br)Br.[B]I.[H-].[K+]. The van der Waals surface area contributed by atoms with Crippen LogP contribution in [0.2, 0.25) is 0 Å². The zero-order chi connectivity index (χ0) is 43.1. The van der Waals surface area contributed by atoms with Crippen LogP contribution in [0.25, 0.3) is 32.7 Å². The first-order valence-corrected chi connectivity index (χ1v) is 26.5. The summed E-state index contributed by atoms with van der Waals surface area (Å²) in [6, 6.07) is 37.9. The second-order valence-electron chi connectivity index (χ2n) is 11.8. The average Bonchev–Trinajstić information content (AvgIpc) is 3.14. The molecule has 2 N–H and O–H groups in total. The fourth-order valence-corrected chi connectivity index (χ4v) is 4.82. The van der Waals surface area contributed by atoms with E-state index in [1.54, 1.807) is 28.4 Å². The molecule has 0 fully saturated rings. The number of aromatic nitrogens is 3. The summed E-state index contributed by atoms with van der Waals surface area (Å²) in [7, 11) is 0. The van der Waals surface area contributed by atoms with Gasteiger partial charge in [-0.15, -0.1) is 0 Å². The van der Waals surface area contributed by atoms with E-state index in [-0.39, 0.29) is 52.8 Å². The van der Waals surface area contributed by atoms with E-state index in [0.717, 1.165) is 37.0 Å². The Balaban J connectivity index is 0. The number of hydrogen-bond donors (Lipinski definition) is 1. The molecule has 7 aromatic rings. The van der Waals surface area contributed by atoms with E-state index < -0.39 is 15.2 Å². The van der Waals surface area contributed by atoms with Gasteiger partial charge in [-0.05, 0) is 104 Å². The van der Waals surface area contributed by atoms with Crippen LogP contribution in [0.1, 0.15) is 37.5 Å². The zero-order valence-corrected chi connectivity index (χ0v) is 45.5. The number of rotatable bonds is 0. The number of esters is 2. The number of nitrogens with zero attached hydrogens (tertiary/aromatic N) is 3. The molecule has 3 aromatic heterocycles. The van der Waals surface area contributed by atoms with Crippen molar-refractivity contribution in [2.45, 2.75) is 41.5 Å². The van der Waals surface area contributed by atoms with Crippen LogP contribution in [-0.4, -0.2) is 27.6 Å². The van der Waals surface area contributed by atoms with Crippen molar-refractivity contribution in [1.29, 1.82) is 0 Å². The minimum atomic E-state index is -2.20. The van der Waals surface area contributed by atoms with Gasteiger partial charge >= 0.3 is 63.3 Å². The van der Waals surface area contributed by atoms with Gasteiger partial charge in [0, 0.05) is 100 Å². The molecular weight excluding hydrogens is 1160 g/mol. The summed E-state index contributed by atoms with van der Waals surface area (Å²) in [5.74, 6) is -1.12. The van der Waals surface area contributed by atoms with Crippen molar-refractivity contribution in [3.63, 3.8) is 0 Å². The molecule has 0 saturated heterocycles. The number of nitrogens with two attached hydrogens (primary N) is 1. The van der Waals surface area contributed by atoms with Gasteiger partial charge in [0.15, 0.2) is 11.9 Å². The quantitative estimate of drug-likeness (QED) is 0.0182. The summed E-state index contributed by atoms with van der Waals surface area (Å²) in [5, 5.41) is 14.6. The molecule has 58 heavy (non-hydrogen) atoms. The molecule has 0 saturated carbocycles. The summed E-state index contributed by atoms with van der Waals surface area (Å²) in [4.78, 5) is 28.2. The Morgan fingerprint density at radius 2 is 1.17 bits per heavy atom. The molecule has 17 heteroatoms. The fourth-order valence-electron chi connectivity index (χ4n) is 4.50. The van der Waals surface area contributed by atoms with Gasteiger partial charge in [-0.3, -0.25) is 19.1 Å². The molecule has 0 aliphatic carbocycles. The molecule has 0 bridgehead atoms. The Kier molecular flexibility index (Phi) is 29.6. The summed E-state index contributed by atoms with van der Waals surface area (Å²) >= 11 is 13.3. The van der Waals surface area contributed by atoms with E-state index in [0.29, 0.717) is 0 Å². The molecule has 300 valence electrons. The van der Waals surface area contributed by atoms with Crippen LogP contribution in [0.3, 0.4) is 0 Å². The third-order valence-corrected chi connectivity index (χ3v) is 7.29. The number of aryl methyl sites for hydroxylation is 4. The molecule has 9 nitrogen and oxygen atoms in total. The van der Waals surface area contributed by atoms with Crippen molar-refractivity contribution in [2.24, 2.45) is 0 Å². The Morgan fingerprint density at radius 3 is 1.67 bits per heavy atom. The Morgan fingerprint density at radius 1 is 0.724 bits per heavy atom. The molecule has 0 unspecified atom stereocenters. The maximum atomic E-state index is 11.2. The van der Waals surface area contributed by atoms with Crippen molar-refractivity contribution in [3.05, 3.63) is 160 Å². The maximum Gasteiger partial charge on any atom is 1.00 e. The number of pyridine rings is 3. The molecule has 4 aromatic carbocycles. The van der Waals surface area contributed by atoms with E-state index >= 15 is 0 Å². The van der Waals surface area contributed by atoms with Gasteiger partial charge in [0.1, 0.15) is 4.60 Å². The number of halogens is 5. The van der Waals surface area contributed by atoms with Crippen LogP contribution in [0.5, 0.6) is 0 Å². The van der Waals surface area contributed by atoms with E-state index in [1.807, 2.05) is 92.8 Å². The van der Waals surface area contributed by atoms with Gasteiger partial charge in [0.25, 0.3) is 3.25 Å². The molecule has 0 amide bonds. The largest absolute Gasteiger partial charge is 1.00 e. The van der Waals surface area contributed by atoms with Crippen LogP contribution in [0, 0.1) is 32.9 Å². The standard InChI is InChI=1S/C10H8BrN.C10H9NO.C10H9N.C7H9N.C4H6O3.BI.Br3OP.K.H/c1-7-2-4-9-8(6-7)3-5-10(11)12-9;1-8-4-5-10-9(7-8)3-2-6-11(10)12;1-8-4-5-10-9(7-8)3-2-6-11-10;1-6-2-4-7(8)5-3-6;1-3(5)7-4(2)6;1-2;1-5(2,3)4;;/h2-6H,1H3;2-7H,1H3;2-7H,1H3;2-5H,8H2,1H3;1-2H3;;;;/q;;;;;;;+1;-1. The number of hydrogen-bond acceptors (Lipinski definition) is 8. The smallest absolute Gasteiger partial charge is 1.00 e. The van der Waals surface area contributed by atoms with Crippen molar-refractivity contribution in [1.82, 2.24) is 9.97 Å². The predicted octanol–water partition coefficient (Wildman–Crippen LogP) is 10.2. The number of benzene rings is 4. The Bertz CT molecular complexity index is 2320. The topological polar surface area (TPSA) is 139 Å². The maximum absolute atomic E-state index is 11.2. The number of carbonyl (C=O) groups excluding carboxylic acids is 2. The molecule has 2 radical (unpaired) electrons. The van der Waals surface area contributed by atoms with Gasteiger partial charge in [-0.2, -0.15) is 27.1 Å². The van der Waals surface area contributed by atoms with E-state index in [4.69, 9.17) is 5.73 Å². The second-order valence-corrected chi connectivity index (χ2v) is 31.0. The van der Waals surface area contributed by atoms with Gasteiger partial charge in [-0.1, -0.05) is 64.7 Å². The van der Waals surface area contributed by atoms with Crippen molar-refractivity contribution >= 4 is 144 Å². The number of nitrogen functional groups attached to an aromatic ring is 1. The molecule has 0 aliphatic rings. The van der Waals surface area contributed by atoms with Crippen LogP contribution < -0.4 is 61.8 Å². The first kappa shape index (κ1) is 56.4. The van der Waals surface area contributed by atoms with E-state index in [1.165, 1.54) is 53.1 Å². The molecular formula is C41H42BBr4IKN4O5P. The molecule has 0 aliphatic heterocycles. The third-order valence-electron chi connectivity index (χ3n) is 6.85. The molecule has 0 atom stereocenters. The van der Waals surface area contributed by atoms with Gasteiger partial charge in [-0.25, -0.2) is 4.98 Å². The van der Waals surface area contributed by atoms with Crippen LogP contribution in [0.15, 0.2) is 132 Å². The van der Waals surface area contributed by atoms with Crippen molar-refractivity contribution in [2.75, 3.05) is 5.73 Å². The minimum Gasteiger partial charge on any atom is -1.00 e. The van der Waals surface area contributed by atoms with Crippen LogP contribution >= 0.6 is 88.0 Å². The van der Waals surface area contributed by atoms with Crippen molar-refractivity contribution < 1.29 is 76.4 Å². The number of carbonyl (C=O) groups is 2. The van der Waals surface area contributed by atoms with Crippen LogP contribution in [-0.2, 0) is 18.9 Å². The van der Waals surface area contributed by atoms with E-state index in [2.05, 4.69) is 133 Å². The third kappa shape index (κ3) is 25.9. The van der Waals surface area contributed by atoms with E-state index in [9.17, 15) is 19.4 Å². The number of fused-ring (bicyclic) bond motifs is 3. The molecule has 7 rings (SSSR count). The monoisotopic (exact) mass is 1190 g/mol. The average molecular weight is 1200 g/mol. The minimum absolute atomic E-state index is 0. The van der Waals surface area contributed by atoms with Crippen molar-refractivity contribution in [3.8, 4) is 0 Å². The van der Waals surface area contributed by atoms with Crippen LogP contribution in [0.4, 0.5) is 5.69 Å². The first-order chi connectivity index (χ1) is 26.8. The molecule has 3 heterocycles. The summed E-state index contributed by atoms with van der Waals surface area (Å²) in [6.45, 7) is 10.6. The first-order valence-electron chi connectivity index (χ1n) is 16.7. The number of ether oxygens (including phenoxy) is 1. The van der Waals surface area contributed by atoms with Gasteiger partial charge < -0.3 is 17.1 Å². The Hall–Kier alpha value is -1.57.